The molecule has 0 unspecified atom stereocenters. The second-order valence-electron chi connectivity index (χ2n) is 0.231. The van der Waals surface area contributed by atoms with Gasteiger partial charge in [-0.2, -0.15) is 4.21 Å². The maximum atomic E-state index is 8.67. The summed E-state index contributed by atoms with van der Waals surface area (Å²) in [6, 6.07) is 0. The van der Waals surface area contributed by atoms with Gasteiger partial charge in [0.05, 0.1) is 0 Å². The maximum Gasteiger partial charge on any atom is 0.299 e. The predicted molar refractivity (Wildman–Crippen MR) is 19.2 cm³/mol. The number of rotatable bonds is 0. The van der Waals surface area contributed by atoms with Crippen molar-refractivity contribution in [1.82, 2.24) is 0 Å². The van der Waals surface area contributed by atoms with Gasteiger partial charge in [-0.1, -0.05) is 0 Å². The van der Waals surface area contributed by atoms with Crippen molar-refractivity contribution in [2.24, 2.45) is 0 Å². The van der Waals surface area contributed by atoms with Crippen molar-refractivity contribution in [2.75, 3.05) is 0 Å². The van der Waals surface area contributed by atoms with Crippen molar-refractivity contribution in [1.29, 1.82) is 0 Å². The molecule has 0 fully saturated rings. The van der Waals surface area contributed by atoms with E-state index in [0.717, 1.165) is 0 Å². The third-order valence-electron chi connectivity index (χ3n) is 0. The molecule has 0 saturated carbocycles. The SMILES string of the molecule is O=S(O)O.[B]. The van der Waals surface area contributed by atoms with Crippen LogP contribution in [-0.2, 0) is 11.4 Å². The zero-order valence-electron chi connectivity index (χ0n) is 2.29. The van der Waals surface area contributed by atoms with Crippen molar-refractivity contribution >= 4 is 19.8 Å². The largest absolute Gasteiger partial charge is 0.299 e. The molecular formula is H2BO3S. The zero-order valence-corrected chi connectivity index (χ0v) is 3.10. The molecule has 0 atom stereocenters. The molecule has 0 bridgehead atoms. The van der Waals surface area contributed by atoms with Gasteiger partial charge in [-0.3, -0.25) is 9.11 Å². The van der Waals surface area contributed by atoms with Crippen LogP contribution in [0.4, 0.5) is 0 Å². The van der Waals surface area contributed by atoms with Gasteiger partial charge >= 0.3 is 0 Å². The summed E-state index contributed by atoms with van der Waals surface area (Å²) in [5.74, 6) is 0. The van der Waals surface area contributed by atoms with E-state index < -0.39 is 11.4 Å². The van der Waals surface area contributed by atoms with Crippen molar-refractivity contribution in [2.45, 2.75) is 0 Å². The topological polar surface area (TPSA) is 57.5 Å². The van der Waals surface area contributed by atoms with Crippen LogP contribution >= 0.6 is 0 Å². The maximum absolute atomic E-state index is 8.67. The molecule has 0 aliphatic heterocycles. The zero-order chi connectivity index (χ0) is 3.58. The Morgan fingerprint density at radius 1 is 1.40 bits per heavy atom. The summed E-state index contributed by atoms with van der Waals surface area (Å²) in [6.45, 7) is 0. The lowest BCUT2D eigenvalue weighted by molar-refractivity contribution is 0.454. The van der Waals surface area contributed by atoms with E-state index >= 15 is 0 Å². The molecule has 0 aliphatic rings. The third-order valence-corrected chi connectivity index (χ3v) is 0. The Bertz CT molecular complexity index is 29.9. The first-order valence-corrected chi connectivity index (χ1v) is 1.60. The Balaban J connectivity index is 0. The van der Waals surface area contributed by atoms with E-state index in [2.05, 4.69) is 0 Å². The molecule has 29 valence electrons. The van der Waals surface area contributed by atoms with Crippen molar-refractivity contribution < 1.29 is 13.3 Å². The highest BCUT2D eigenvalue weighted by Crippen LogP contribution is 1.44. The van der Waals surface area contributed by atoms with E-state index in [1.807, 2.05) is 0 Å². The van der Waals surface area contributed by atoms with Crippen LogP contribution in [0.3, 0.4) is 0 Å². The number of hydrogen-bond donors (Lipinski definition) is 2. The first kappa shape index (κ1) is 8.93. The summed E-state index contributed by atoms with van der Waals surface area (Å²) in [5.41, 5.74) is 0. The van der Waals surface area contributed by atoms with Gasteiger partial charge in [0.25, 0.3) is 11.4 Å². The van der Waals surface area contributed by atoms with Gasteiger partial charge < -0.3 is 0 Å². The molecule has 2 N–H and O–H groups in total. The molecule has 5 heteroatoms. The highest BCUT2D eigenvalue weighted by molar-refractivity contribution is 7.73. The lowest BCUT2D eigenvalue weighted by atomic mass is 10.8. The first-order chi connectivity index (χ1) is 1.73. The molecule has 0 amide bonds. The fourth-order valence-electron chi connectivity index (χ4n) is 0. The molecule has 0 heterocycles. The minimum Gasteiger partial charge on any atom is -0.284 e. The van der Waals surface area contributed by atoms with E-state index in [1.165, 1.54) is 0 Å². The quantitative estimate of drug-likeness (QED) is 0.307. The smallest absolute Gasteiger partial charge is 0.284 e. The summed E-state index contributed by atoms with van der Waals surface area (Å²) >= 11 is -2.61. The van der Waals surface area contributed by atoms with Crippen LogP contribution in [0, 0.1) is 0 Å². The molecule has 0 saturated heterocycles. The van der Waals surface area contributed by atoms with Gasteiger partial charge in [-0.15, -0.1) is 0 Å². The molecular weight excluding hydrogens is 90.9 g/mol. The number of hydrogen-bond acceptors (Lipinski definition) is 1. The summed E-state index contributed by atoms with van der Waals surface area (Å²) in [5, 5.41) is 0. The second kappa shape index (κ2) is 4.13. The van der Waals surface area contributed by atoms with Gasteiger partial charge in [-0.25, -0.2) is 0 Å². The van der Waals surface area contributed by atoms with Crippen LogP contribution in [0.5, 0.6) is 0 Å². The van der Waals surface area contributed by atoms with Crippen LogP contribution in [0.15, 0.2) is 0 Å². The van der Waals surface area contributed by atoms with Crippen LogP contribution in [0.1, 0.15) is 0 Å². The summed E-state index contributed by atoms with van der Waals surface area (Å²) < 4.78 is 22.8. The lowest BCUT2D eigenvalue weighted by Crippen LogP contribution is -1.74. The standard InChI is InChI=1S/B.H2O3S/c;1-4(2)3/h;(H2,1,2,3). The monoisotopic (exact) mass is 93.0 g/mol. The highest BCUT2D eigenvalue weighted by Gasteiger charge is 1.62. The van der Waals surface area contributed by atoms with Crippen molar-refractivity contribution in [3.63, 3.8) is 0 Å². The van der Waals surface area contributed by atoms with E-state index in [0.29, 0.717) is 0 Å². The predicted octanol–water partition coefficient (Wildman–Crippen LogP) is -0.700. The van der Waals surface area contributed by atoms with Crippen molar-refractivity contribution in [3.8, 4) is 0 Å². The van der Waals surface area contributed by atoms with E-state index in [4.69, 9.17) is 13.3 Å². The molecule has 5 heavy (non-hydrogen) atoms. The van der Waals surface area contributed by atoms with Gasteiger partial charge in [0.2, 0.25) is 0 Å². The lowest BCUT2D eigenvalue weighted by Gasteiger charge is -1.59. The normalized spacial score (nSPS) is 7.00. The molecule has 0 spiro atoms. The first-order valence-electron chi connectivity index (χ1n) is 0.532. The van der Waals surface area contributed by atoms with Crippen LogP contribution < -0.4 is 0 Å². The molecule has 3 radical (unpaired) electrons. The van der Waals surface area contributed by atoms with E-state index in [1.54, 1.807) is 0 Å². The summed E-state index contributed by atoms with van der Waals surface area (Å²) in [6.07, 6.45) is 0. The van der Waals surface area contributed by atoms with Crippen LogP contribution in [-0.4, -0.2) is 21.7 Å². The van der Waals surface area contributed by atoms with E-state index in [9.17, 15) is 0 Å². The molecule has 0 aliphatic carbocycles. The van der Waals surface area contributed by atoms with Crippen LogP contribution in [0.2, 0.25) is 0 Å². The van der Waals surface area contributed by atoms with Crippen molar-refractivity contribution in [3.05, 3.63) is 0 Å². The fraction of sp³-hybridized carbons (Fsp3) is 0. The average molecular weight is 92.9 g/mol. The Labute approximate surface area is 34.1 Å². The minimum absolute atomic E-state index is 0. The van der Waals surface area contributed by atoms with Gasteiger partial charge in [0.15, 0.2) is 0 Å². The Hall–Kier alpha value is 0.135. The molecule has 0 rings (SSSR count). The van der Waals surface area contributed by atoms with Crippen LogP contribution in [0.25, 0.3) is 0 Å². The van der Waals surface area contributed by atoms with Gasteiger partial charge in [0, 0.05) is 8.41 Å². The van der Waals surface area contributed by atoms with E-state index in [-0.39, 0.29) is 8.41 Å². The molecule has 0 aromatic heterocycles. The summed E-state index contributed by atoms with van der Waals surface area (Å²) in [7, 11) is 0. The van der Waals surface area contributed by atoms with Gasteiger partial charge in [0.1, 0.15) is 0 Å². The Morgan fingerprint density at radius 3 is 1.40 bits per heavy atom. The second-order valence-corrected chi connectivity index (χ2v) is 0.692. The summed E-state index contributed by atoms with van der Waals surface area (Å²) in [4.78, 5) is 0. The van der Waals surface area contributed by atoms with Gasteiger partial charge in [-0.05, 0) is 0 Å². The molecule has 0 aromatic carbocycles. The minimum atomic E-state index is -2.61. The highest BCUT2D eigenvalue weighted by atomic mass is 32.2. The molecule has 0 aromatic rings. The molecule has 3 nitrogen and oxygen atoms in total. The Kier molecular flexibility index (Phi) is 7.39. The fourth-order valence-corrected chi connectivity index (χ4v) is 0. The third kappa shape index (κ3) is 1040. The average Bonchev–Trinajstić information content (AvgIpc) is 0.811. The Morgan fingerprint density at radius 2 is 1.40 bits per heavy atom.